The molecule has 96 valence electrons. The first-order valence-electron chi connectivity index (χ1n) is 5.02. The van der Waals surface area contributed by atoms with Crippen LogP contribution in [0.2, 0.25) is 0 Å². The maximum Gasteiger partial charge on any atom is 0.347 e. The highest BCUT2D eigenvalue weighted by Gasteiger charge is 2.18. The van der Waals surface area contributed by atoms with Crippen molar-refractivity contribution in [2.75, 3.05) is 39.3 Å². The Balaban J connectivity index is 2.86. The molecule has 0 unspecified atom stereocenters. The summed E-state index contributed by atoms with van der Waals surface area (Å²) in [5.41, 5.74) is 0.462. The summed E-state index contributed by atoms with van der Waals surface area (Å²) >= 11 is 1.15. The van der Waals surface area contributed by atoms with Gasteiger partial charge in [0.2, 0.25) is 0 Å². The van der Waals surface area contributed by atoms with Crippen molar-refractivity contribution < 1.29 is 19.4 Å². The van der Waals surface area contributed by atoms with Crippen molar-refractivity contribution in [2.45, 2.75) is 6.61 Å². The molecular formula is C10H16N2O4S. The minimum absolute atomic E-state index is 0.205. The van der Waals surface area contributed by atoms with Gasteiger partial charge in [0, 0.05) is 27.8 Å². The third kappa shape index (κ3) is 3.65. The number of hydrogen-bond donors (Lipinski definition) is 1. The highest BCUT2D eigenvalue weighted by atomic mass is 32.1. The van der Waals surface area contributed by atoms with Crippen LogP contribution in [0.5, 0.6) is 0 Å². The predicted octanol–water partition coefficient (Wildman–Crippen LogP) is 1.07. The molecule has 0 radical (unpaired) electrons. The monoisotopic (exact) mass is 260 g/mol. The summed E-state index contributed by atoms with van der Waals surface area (Å²) in [4.78, 5) is 17.4. The first kappa shape index (κ1) is 13.9. The number of rotatable bonds is 7. The van der Waals surface area contributed by atoms with E-state index < -0.39 is 5.97 Å². The van der Waals surface area contributed by atoms with E-state index in [1.54, 1.807) is 7.11 Å². The Kier molecular flexibility index (Phi) is 5.33. The number of carbonyl (C=O) groups is 1. The number of thiazole rings is 1. The average Bonchev–Trinajstić information content (AvgIpc) is 2.70. The predicted molar refractivity (Wildman–Crippen MR) is 64.9 cm³/mol. The number of anilines is 1. The van der Waals surface area contributed by atoms with Crippen molar-refractivity contribution >= 4 is 22.4 Å². The molecule has 0 aliphatic rings. The number of ether oxygens (including phenoxy) is 2. The van der Waals surface area contributed by atoms with Gasteiger partial charge in [-0.3, -0.25) is 0 Å². The van der Waals surface area contributed by atoms with E-state index in [0.29, 0.717) is 24.0 Å². The molecule has 1 aromatic heterocycles. The highest BCUT2D eigenvalue weighted by Crippen LogP contribution is 2.26. The SMILES string of the molecule is COCCN(C)c1nc(COC)c(C(=O)O)s1. The molecule has 0 atom stereocenters. The number of hydrogen-bond acceptors (Lipinski definition) is 6. The van der Waals surface area contributed by atoms with Crippen LogP contribution in [0.3, 0.4) is 0 Å². The standard InChI is InChI=1S/C10H16N2O4S/c1-12(4-5-15-2)10-11-7(6-16-3)8(17-10)9(13)14/h4-6H2,1-3H3,(H,13,14). The maximum absolute atomic E-state index is 11.0. The summed E-state index contributed by atoms with van der Waals surface area (Å²) in [5, 5.41) is 9.69. The van der Waals surface area contributed by atoms with E-state index >= 15 is 0 Å². The van der Waals surface area contributed by atoms with Crippen LogP contribution >= 0.6 is 11.3 Å². The van der Waals surface area contributed by atoms with E-state index in [2.05, 4.69) is 4.98 Å². The molecule has 1 aromatic rings. The zero-order valence-electron chi connectivity index (χ0n) is 10.1. The third-order valence-corrected chi connectivity index (χ3v) is 3.32. The second-order valence-corrected chi connectivity index (χ2v) is 4.40. The first-order chi connectivity index (χ1) is 8.10. The van der Waals surface area contributed by atoms with E-state index in [4.69, 9.17) is 14.6 Å². The molecule has 0 saturated carbocycles. The lowest BCUT2D eigenvalue weighted by Gasteiger charge is -2.14. The van der Waals surface area contributed by atoms with Gasteiger partial charge in [-0.15, -0.1) is 0 Å². The summed E-state index contributed by atoms with van der Waals surface area (Å²) in [6, 6.07) is 0. The Morgan fingerprint density at radius 1 is 1.47 bits per heavy atom. The van der Waals surface area contributed by atoms with E-state index in [-0.39, 0.29) is 11.5 Å². The van der Waals surface area contributed by atoms with E-state index in [1.807, 2.05) is 11.9 Å². The molecule has 0 aliphatic heterocycles. The van der Waals surface area contributed by atoms with Gasteiger partial charge in [0.05, 0.1) is 18.9 Å². The second-order valence-electron chi connectivity index (χ2n) is 3.42. The normalized spacial score (nSPS) is 10.5. The molecule has 17 heavy (non-hydrogen) atoms. The zero-order valence-corrected chi connectivity index (χ0v) is 10.9. The molecule has 0 aromatic carbocycles. The lowest BCUT2D eigenvalue weighted by atomic mass is 10.4. The molecule has 1 rings (SSSR count). The molecule has 0 fully saturated rings. The quantitative estimate of drug-likeness (QED) is 0.790. The Labute approximate surface area is 104 Å². The van der Waals surface area contributed by atoms with Gasteiger partial charge < -0.3 is 19.5 Å². The lowest BCUT2D eigenvalue weighted by Crippen LogP contribution is -2.21. The molecule has 0 spiro atoms. The van der Waals surface area contributed by atoms with Crippen molar-refractivity contribution in [1.82, 2.24) is 4.98 Å². The Morgan fingerprint density at radius 3 is 2.71 bits per heavy atom. The fourth-order valence-corrected chi connectivity index (χ4v) is 2.12. The van der Waals surface area contributed by atoms with Crippen molar-refractivity contribution in [3.8, 4) is 0 Å². The lowest BCUT2D eigenvalue weighted by molar-refractivity contribution is 0.0697. The number of nitrogens with zero attached hydrogens (tertiary/aromatic N) is 2. The highest BCUT2D eigenvalue weighted by molar-refractivity contribution is 7.17. The fraction of sp³-hybridized carbons (Fsp3) is 0.600. The van der Waals surface area contributed by atoms with E-state index in [0.717, 1.165) is 11.3 Å². The average molecular weight is 260 g/mol. The van der Waals surface area contributed by atoms with E-state index in [9.17, 15) is 4.79 Å². The van der Waals surface area contributed by atoms with Gasteiger partial charge in [-0.25, -0.2) is 9.78 Å². The molecule has 0 bridgehead atoms. The summed E-state index contributed by atoms with van der Waals surface area (Å²) in [6.45, 7) is 1.43. The van der Waals surface area contributed by atoms with Crippen molar-refractivity contribution in [1.29, 1.82) is 0 Å². The van der Waals surface area contributed by atoms with Gasteiger partial charge in [0.25, 0.3) is 0 Å². The number of methoxy groups -OCH3 is 2. The summed E-state index contributed by atoms with van der Waals surface area (Å²) in [5.74, 6) is -0.971. The Hall–Kier alpha value is -1.18. The number of aromatic nitrogens is 1. The minimum atomic E-state index is -0.971. The van der Waals surface area contributed by atoms with Gasteiger partial charge >= 0.3 is 5.97 Å². The number of aromatic carboxylic acids is 1. The van der Waals surface area contributed by atoms with Gasteiger partial charge in [0.1, 0.15) is 4.88 Å². The molecule has 0 saturated heterocycles. The number of carboxylic acid groups (broad SMARTS) is 1. The van der Waals surface area contributed by atoms with Crippen LogP contribution in [0.25, 0.3) is 0 Å². The number of carboxylic acids is 1. The van der Waals surface area contributed by atoms with Crippen LogP contribution in [0, 0.1) is 0 Å². The van der Waals surface area contributed by atoms with Crippen LogP contribution in [0.1, 0.15) is 15.4 Å². The van der Waals surface area contributed by atoms with Crippen molar-refractivity contribution in [2.24, 2.45) is 0 Å². The van der Waals surface area contributed by atoms with Crippen molar-refractivity contribution in [3.05, 3.63) is 10.6 Å². The maximum atomic E-state index is 11.0. The largest absolute Gasteiger partial charge is 0.477 e. The Morgan fingerprint density at radius 2 is 2.18 bits per heavy atom. The van der Waals surface area contributed by atoms with Crippen LogP contribution in [-0.4, -0.2) is 50.5 Å². The molecular weight excluding hydrogens is 244 g/mol. The van der Waals surface area contributed by atoms with Crippen LogP contribution in [0.4, 0.5) is 5.13 Å². The second kappa shape index (κ2) is 6.53. The van der Waals surface area contributed by atoms with Crippen LogP contribution in [-0.2, 0) is 16.1 Å². The van der Waals surface area contributed by atoms with Crippen LogP contribution < -0.4 is 4.90 Å². The van der Waals surface area contributed by atoms with Gasteiger partial charge in [-0.2, -0.15) is 0 Å². The smallest absolute Gasteiger partial charge is 0.347 e. The molecule has 1 heterocycles. The van der Waals surface area contributed by atoms with E-state index in [1.165, 1.54) is 7.11 Å². The minimum Gasteiger partial charge on any atom is -0.477 e. The summed E-state index contributed by atoms with van der Waals surface area (Å²) in [7, 11) is 4.98. The number of likely N-dealkylation sites (N-methyl/N-ethyl adjacent to an activating group) is 1. The topological polar surface area (TPSA) is 71.9 Å². The molecule has 0 amide bonds. The third-order valence-electron chi connectivity index (χ3n) is 2.12. The molecule has 7 heteroatoms. The first-order valence-corrected chi connectivity index (χ1v) is 5.83. The molecule has 6 nitrogen and oxygen atoms in total. The van der Waals surface area contributed by atoms with Crippen LogP contribution in [0.15, 0.2) is 0 Å². The Bertz CT molecular complexity index is 380. The van der Waals surface area contributed by atoms with Gasteiger partial charge in [0.15, 0.2) is 5.13 Å². The summed E-state index contributed by atoms with van der Waals surface area (Å²) in [6.07, 6.45) is 0. The fourth-order valence-electron chi connectivity index (χ4n) is 1.23. The summed E-state index contributed by atoms with van der Waals surface area (Å²) < 4.78 is 9.89. The molecule has 1 N–H and O–H groups in total. The zero-order chi connectivity index (χ0) is 12.8. The van der Waals surface area contributed by atoms with Crippen molar-refractivity contribution in [3.63, 3.8) is 0 Å². The van der Waals surface area contributed by atoms with Gasteiger partial charge in [-0.1, -0.05) is 11.3 Å². The van der Waals surface area contributed by atoms with Gasteiger partial charge in [-0.05, 0) is 0 Å². The molecule has 0 aliphatic carbocycles.